The van der Waals surface area contributed by atoms with Crippen LogP contribution < -0.4 is 10.6 Å². The summed E-state index contributed by atoms with van der Waals surface area (Å²) < 4.78 is 0. The summed E-state index contributed by atoms with van der Waals surface area (Å²) in [6, 6.07) is 3.68. The molecule has 2 N–H and O–H groups in total. The molecule has 7 nitrogen and oxygen atoms in total. The topological polar surface area (TPSA) is 101 Å². The van der Waals surface area contributed by atoms with Gasteiger partial charge in [-0.15, -0.1) is 11.8 Å². The number of carbonyl (C=O) groups is 2. The lowest BCUT2D eigenvalue weighted by molar-refractivity contribution is -0.387. The Labute approximate surface area is 152 Å². The first-order valence-electron chi connectivity index (χ1n) is 8.26. The molecule has 0 unspecified atom stereocenters. The van der Waals surface area contributed by atoms with Crippen LogP contribution in [0.15, 0.2) is 23.1 Å². The van der Waals surface area contributed by atoms with Crippen molar-refractivity contribution in [2.75, 3.05) is 12.3 Å². The molecule has 0 radical (unpaired) electrons. The van der Waals surface area contributed by atoms with E-state index in [2.05, 4.69) is 24.5 Å². The van der Waals surface area contributed by atoms with Gasteiger partial charge < -0.3 is 10.6 Å². The fourth-order valence-electron chi connectivity index (χ4n) is 2.00. The summed E-state index contributed by atoms with van der Waals surface area (Å²) in [5.74, 6) is 0.484. The van der Waals surface area contributed by atoms with Crippen LogP contribution in [0.4, 0.5) is 5.69 Å². The average molecular weight is 367 g/mol. The van der Waals surface area contributed by atoms with Gasteiger partial charge in [0.1, 0.15) is 6.04 Å². The van der Waals surface area contributed by atoms with E-state index in [1.165, 1.54) is 17.8 Å². The lowest BCUT2D eigenvalue weighted by Crippen LogP contribution is -2.44. The molecule has 0 aromatic heterocycles. The van der Waals surface area contributed by atoms with Gasteiger partial charge in [-0.25, -0.2) is 0 Å². The molecule has 1 rings (SSSR count). The van der Waals surface area contributed by atoms with Crippen molar-refractivity contribution in [1.82, 2.24) is 10.6 Å². The van der Waals surface area contributed by atoms with Gasteiger partial charge in [0.2, 0.25) is 5.91 Å². The highest BCUT2D eigenvalue weighted by Gasteiger charge is 2.20. The van der Waals surface area contributed by atoms with E-state index < -0.39 is 16.9 Å². The molecule has 0 saturated carbocycles. The average Bonchev–Trinajstić information content (AvgIpc) is 2.54. The second-order valence-electron chi connectivity index (χ2n) is 6.06. The lowest BCUT2D eigenvalue weighted by Gasteiger charge is -2.13. The molecule has 138 valence electrons. The summed E-state index contributed by atoms with van der Waals surface area (Å²) in [6.07, 6.45) is 0.952. The number of hydrogen-bond acceptors (Lipinski definition) is 5. The first-order valence-corrected chi connectivity index (χ1v) is 9.24. The highest BCUT2D eigenvalue weighted by molar-refractivity contribution is 7.99. The van der Waals surface area contributed by atoms with Crippen molar-refractivity contribution in [2.45, 2.75) is 45.1 Å². The van der Waals surface area contributed by atoms with Crippen LogP contribution in [0.25, 0.3) is 0 Å². The van der Waals surface area contributed by atoms with Crippen LogP contribution in [0, 0.1) is 16.0 Å². The first kappa shape index (κ1) is 21.0. The van der Waals surface area contributed by atoms with Crippen LogP contribution in [0.5, 0.6) is 0 Å². The molecule has 25 heavy (non-hydrogen) atoms. The zero-order valence-electron chi connectivity index (χ0n) is 15.0. The first-order chi connectivity index (χ1) is 11.8. The summed E-state index contributed by atoms with van der Waals surface area (Å²) >= 11 is 1.41. The number of nitro benzene ring substituents is 1. The Morgan fingerprint density at radius 1 is 1.28 bits per heavy atom. The van der Waals surface area contributed by atoms with Gasteiger partial charge in [0.15, 0.2) is 0 Å². The van der Waals surface area contributed by atoms with Gasteiger partial charge in [0, 0.05) is 18.2 Å². The fourth-order valence-corrected chi connectivity index (χ4v) is 3.26. The van der Waals surface area contributed by atoms with Gasteiger partial charge in [-0.3, -0.25) is 19.7 Å². The normalized spacial score (nSPS) is 11.9. The maximum absolute atomic E-state index is 12.2. The predicted octanol–water partition coefficient (Wildman–Crippen LogP) is 2.99. The minimum absolute atomic E-state index is 0.0907. The minimum Gasteiger partial charge on any atom is -0.355 e. The molecule has 0 aliphatic carbocycles. The predicted molar refractivity (Wildman–Crippen MR) is 98.9 cm³/mol. The van der Waals surface area contributed by atoms with Gasteiger partial charge in [-0.05, 0) is 44.1 Å². The molecule has 1 aromatic carbocycles. The highest BCUT2D eigenvalue weighted by atomic mass is 32.2. The molecule has 1 aromatic rings. The Balaban J connectivity index is 2.87. The van der Waals surface area contributed by atoms with Gasteiger partial charge in [-0.1, -0.05) is 13.8 Å². The van der Waals surface area contributed by atoms with Crippen LogP contribution in [0.2, 0.25) is 0 Å². The number of nitrogens with zero attached hydrogens (tertiary/aromatic N) is 1. The Hall–Kier alpha value is -2.09. The Bertz CT molecular complexity index is 634. The third kappa shape index (κ3) is 6.74. The summed E-state index contributed by atoms with van der Waals surface area (Å²) in [7, 11) is 0. The number of nitro groups is 1. The zero-order chi connectivity index (χ0) is 19.0. The Kier molecular flexibility index (Phi) is 8.40. The summed E-state index contributed by atoms with van der Waals surface area (Å²) in [5, 5.41) is 16.5. The van der Waals surface area contributed by atoms with Crippen molar-refractivity contribution in [2.24, 2.45) is 5.92 Å². The number of likely N-dealkylation sites (N-methyl/N-ethyl adjacent to an activating group) is 1. The smallest absolute Gasteiger partial charge is 0.283 e. The maximum Gasteiger partial charge on any atom is 0.283 e. The second-order valence-corrected chi connectivity index (χ2v) is 7.20. The summed E-state index contributed by atoms with van der Waals surface area (Å²) in [6.45, 7) is 8.00. The van der Waals surface area contributed by atoms with E-state index in [1.807, 2.05) is 0 Å². The number of hydrogen-bond donors (Lipinski definition) is 2. The highest BCUT2D eigenvalue weighted by Crippen LogP contribution is 2.31. The van der Waals surface area contributed by atoms with E-state index in [1.54, 1.807) is 26.0 Å². The van der Waals surface area contributed by atoms with Gasteiger partial charge in [0.05, 0.1) is 9.82 Å². The van der Waals surface area contributed by atoms with E-state index >= 15 is 0 Å². The molecule has 0 aliphatic heterocycles. The maximum atomic E-state index is 12.2. The van der Waals surface area contributed by atoms with Crippen LogP contribution in [-0.2, 0) is 4.79 Å². The summed E-state index contributed by atoms with van der Waals surface area (Å²) in [5.41, 5.74) is 0.0723. The van der Waals surface area contributed by atoms with Crippen LogP contribution in [-0.4, -0.2) is 35.1 Å². The van der Waals surface area contributed by atoms with Crippen LogP contribution >= 0.6 is 11.8 Å². The molecule has 2 amide bonds. The molecule has 0 saturated heterocycles. The number of benzene rings is 1. The van der Waals surface area contributed by atoms with E-state index in [4.69, 9.17) is 0 Å². The molecule has 1 atom stereocenters. The number of amides is 2. The molecule has 0 heterocycles. The standard InChI is InChI=1S/C17H25N3O4S/c1-5-18-16(21)12(4)19-17(22)13-6-7-15(14(10-13)20(23)24)25-9-8-11(2)3/h6-7,10-12H,5,8-9H2,1-4H3,(H,18,21)(H,19,22)/t12-/m0/s1. The molecule has 0 fully saturated rings. The van der Waals surface area contributed by atoms with E-state index in [-0.39, 0.29) is 17.2 Å². The van der Waals surface area contributed by atoms with Crippen molar-refractivity contribution >= 4 is 29.3 Å². The lowest BCUT2D eigenvalue weighted by atomic mass is 10.1. The van der Waals surface area contributed by atoms with Gasteiger partial charge in [-0.2, -0.15) is 0 Å². The van der Waals surface area contributed by atoms with Crippen LogP contribution in [0.1, 0.15) is 44.5 Å². The third-order valence-electron chi connectivity index (χ3n) is 3.46. The van der Waals surface area contributed by atoms with Crippen molar-refractivity contribution < 1.29 is 14.5 Å². The molecule has 8 heteroatoms. The summed E-state index contributed by atoms with van der Waals surface area (Å²) in [4.78, 5) is 35.3. The van der Waals surface area contributed by atoms with Crippen LogP contribution in [0.3, 0.4) is 0 Å². The molecule has 0 bridgehead atoms. The van der Waals surface area contributed by atoms with Crippen molar-refractivity contribution in [1.29, 1.82) is 0 Å². The SMILES string of the molecule is CCNC(=O)[C@H](C)NC(=O)c1ccc(SCCC(C)C)c([N+](=O)[O-])c1. The van der Waals surface area contributed by atoms with E-state index in [9.17, 15) is 19.7 Å². The van der Waals surface area contributed by atoms with Crippen molar-refractivity contribution in [3.05, 3.63) is 33.9 Å². The monoisotopic (exact) mass is 367 g/mol. The number of carbonyl (C=O) groups excluding carboxylic acids is 2. The number of nitrogens with one attached hydrogen (secondary N) is 2. The van der Waals surface area contributed by atoms with Crippen molar-refractivity contribution in [3.63, 3.8) is 0 Å². The Morgan fingerprint density at radius 2 is 1.96 bits per heavy atom. The molecular formula is C17H25N3O4S. The second kappa shape index (κ2) is 10.0. The van der Waals surface area contributed by atoms with Gasteiger partial charge in [0.25, 0.3) is 11.6 Å². The van der Waals surface area contributed by atoms with Gasteiger partial charge >= 0.3 is 0 Å². The Morgan fingerprint density at radius 3 is 2.52 bits per heavy atom. The third-order valence-corrected chi connectivity index (χ3v) is 4.56. The largest absolute Gasteiger partial charge is 0.355 e. The zero-order valence-corrected chi connectivity index (χ0v) is 15.8. The molecular weight excluding hydrogens is 342 g/mol. The minimum atomic E-state index is -0.716. The quantitative estimate of drug-likeness (QED) is 0.397. The fraction of sp³-hybridized carbons (Fsp3) is 0.529. The van der Waals surface area contributed by atoms with E-state index in [0.29, 0.717) is 17.4 Å². The van der Waals surface area contributed by atoms with E-state index in [0.717, 1.165) is 12.2 Å². The molecule has 0 spiro atoms. The number of thioether (sulfide) groups is 1. The van der Waals surface area contributed by atoms with Crippen molar-refractivity contribution in [3.8, 4) is 0 Å². The molecule has 0 aliphatic rings. The number of rotatable bonds is 9.